The maximum Gasteiger partial charge on any atom is 0.224 e. The fraction of sp³-hybridized carbons (Fsp3) is 0.833. The molecule has 2 heterocycles. The van der Waals surface area contributed by atoms with Crippen LogP contribution in [0.15, 0.2) is 0 Å². The number of rotatable bonds is 5. The molecule has 0 aromatic carbocycles. The van der Waals surface area contributed by atoms with E-state index in [1.54, 1.807) is 0 Å². The number of hydrogen-bond acceptors (Lipinski definition) is 4. The fourth-order valence-corrected chi connectivity index (χ4v) is 2.68. The van der Waals surface area contributed by atoms with Crippen LogP contribution in [-0.2, 0) is 12.0 Å². The molecule has 1 aromatic heterocycles. The van der Waals surface area contributed by atoms with Crippen LogP contribution in [0.2, 0.25) is 0 Å². The lowest BCUT2D eigenvalue weighted by Gasteiger charge is -2.26. The highest BCUT2D eigenvalue weighted by molar-refractivity contribution is 5.29. The van der Waals surface area contributed by atoms with Crippen molar-refractivity contribution < 1.29 is 0 Å². The largest absolute Gasteiger partial charge is 0.355 e. The van der Waals surface area contributed by atoms with Crippen LogP contribution in [0.4, 0.5) is 5.95 Å². The van der Waals surface area contributed by atoms with Crippen LogP contribution in [-0.4, -0.2) is 34.4 Å². The molecule has 1 fully saturated rings. The van der Waals surface area contributed by atoms with Gasteiger partial charge >= 0.3 is 0 Å². The minimum atomic E-state index is 0.177. The molecule has 1 aliphatic rings. The zero-order valence-electron chi connectivity index (χ0n) is 11.1. The first-order valence-electron chi connectivity index (χ1n) is 6.65. The molecule has 0 radical (unpaired) electrons. The predicted octanol–water partition coefficient (Wildman–Crippen LogP) is 1.37. The summed E-state index contributed by atoms with van der Waals surface area (Å²) in [6.07, 6.45) is 2.28. The van der Waals surface area contributed by atoms with Crippen LogP contribution >= 0.6 is 0 Å². The lowest BCUT2D eigenvalue weighted by Crippen LogP contribution is -2.32. The minimum absolute atomic E-state index is 0.177. The van der Waals surface area contributed by atoms with Crippen molar-refractivity contribution >= 4 is 5.95 Å². The normalized spacial score (nSPS) is 24.2. The first kappa shape index (κ1) is 12.4. The van der Waals surface area contributed by atoms with Gasteiger partial charge in [0.05, 0.1) is 0 Å². The Kier molecular flexibility index (Phi) is 3.66. The highest BCUT2D eigenvalue weighted by Crippen LogP contribution is 2.33. The van der Waals surface area contributed by atoms with Crippen LogP contribution in [0.3, 0.4) is 0 Å². The van der Waals surface area contributed by atoms with Gasteiger partial charge in [0.2, 0.25) is 5.95 Å². The molecule has 17 heavy (non-hydrogen) atoms. The van der Waals surface area contributed by atoms with Crippen molar-refractivity contribution in [1.29, 1.82) is 0 Å². The average Bonchev–Trinajstić information content (AvgIpc) is 2.96. The Hall–Kier alpha value is -1.10. The maximum absolute atomic E-state index is 4.44. The molecular formula is C12H23N5. The van der Waals surface area contributed by atoms with E-state index in [2.05, 4.69) is 46.2 Å². The second-order valence-corrected chi connectivity index (χ2v) is 4.68. The number of nitrogens with zero attached hydrogens (tertiary/aromatic N) is 3. The molecule has 0 aliphatic carbocycles. The zero-order valence-corrected chi connectivity index (χ0v) is 11.1. The second-order valence-electron chi connectivity index (χ2n) is 4.68. The molecule has 0 spiro atoms. The highest BCUT2D eigenvalue weighted by atomic mass is 15.4. The summed E-state index contributed by atoms with van der Waals surface area (Å²) < 4.78 is 2.22. The quantitative estimate of drug-likeness (QED) is 0.812. The van der Waals surface area contributed by atoms with Crippen LogP contribution in [0.25, 0.3) is 0 Å². The van der Waals surface area contributed by atoms with Crippen LogP contribution in [0.5, 0.6) is 0 Å². The maximum atomic E-state index is 4.44. The molecule has 1 aliphatic heterocycles. The monoisotopic (exact) mass is 237 g/mol. The average molecular weight is 237 g/mol. The predicted molar refractivity (Wildman–Crippen MR) is 69.3 cm³/mol. The standard InChI is InChI=1S/C12H23N5/c1-4-12(7-8-13-9-12)10-15-16-11(14-5-2)17(10)6-3/h13H,4-9H2,1-3H3,(H,14,16). The van der Waals surface area contributed by atoms with Crippen molar-refractivity contribution in [3.63, 3.8) is 0 Å². The highest BCUT2D eigenvalue weighted by Gasteiger charge is 2.38. The molecule has 1 atom stereocenters. The van der Waals surface area contributed by atoms with E-state index in [4.69, 9.17) is 0 Å². The third-order valence-electron chi connectivity index (χ3n) is 3.80. The zero-order chi connectivity index (χ0) is 12.3. The van der Waals surface area contributed by atoms with E-state index in [1.165, 1.54) is 0 Å². The van der Waals surface area contributed by atoms with E-state index in [-0.39, 0.29) is 5.41 Å². The van der Waals surface area contributed by atoms with Crippen LogP contribution in [0, 0.1) is 0 Å². The first-order valence-corrected chi connectivity index (χ1v) is 6.65. The van der Waals surface area contributed by atoms with Gasteiger partial charge in [0.1, 0.15) is 5.82 Å². The summed E-state index contributed by atoms with van der Waals surface area (Å²) in [5.74, 6) is 2.05. The molecule has 1 unspecified atom stereocenters. The van der Waals surface area contributed by atoms with Gasteiger partial charge in [-0.15, -0.1) is 10.2 Å². The van der Waals surface area contributed by atoms with Gasteiger partial charge in [-0.2, -0.15) is 0 Å². The summed E-state index contributed by atoms with van der Waals surface area (Å²) in [5, 5.41) is 15.5. The van der Waals surface area contributed by atoms with Gasteiger partial charge in [0.25, 0.3) is 0 Å². The van der Waals surface area contributed by atoms with E-state index in [9.17, 15) is 0 Å². The van der Waals surface area contributed by atoms with Crippen LogP contribution < -0.4 is 10.6 Å². The molecule has 1 saturated heterocycles. The van der Waals surface area contributed by atoms with Gasteiger partial charge < -0.3 is 10.6 Å². The third-order valence-corrected chi connectivity index (χ3v) is 3.80. The molecule has 1 aromatic rings. The molecule has 0 bridgehead atoms. The first-order chi connectivity index (χ1) is 8.27. The van der Waals surface area contributed by atoms with Gasteiger partial charge in [-0.1, -0.05) is 6.92 Å². The Morgan fingerprint density at radius 3 is 2.71 bits per heavy atom. The van der Waals surface area contributed by atoms with Gasteiger partial charge in [0.15, 0.2) is 0 Å². The van der Waals surface area contributed by atoms with Crippen molar-refractivity contribution in [3.05, 3.63) is 5.82 Å². The van der Waals surface area contributed by atoms with E-state index < -0.39 is 0 Å². The molecular weight excluding hydrogens is 214 g/mol. The van der Waals surface area contributed by atoms with E-state index in [1.807, 2.05) is 0 Å². The number of anilines is 1. The SMILES string of the molecule is CCNc1nnc(C2(CC)CCNC2)n1CC. The molecule has 5 nitrogen and oxygen atoms in total. The summed E-state index contributed by atoms with van der Waals surface area (Å²) in [6.45, 7) is 10.4. The van der Waals surface area contributed by atoms with Crippen molar-refractivity contribution in [1.82, 2.24) is 20.1 Å². The molecule has 96 valence electrons. The lowest BCUT2D eigenvalue weighted by atomic mass is 9.83. The number of nitrogens with one attached hydrogen (secondary N) is 2. The summed E-state index contributed by atoms with van der Waals surface area (Å²) in [4.78, 5) is 0. The van der Waals surface area contributed by atoms with Gasteiger partial charge in [-0.05, 0) is 33.2 Å². The molecule has 2 N–H and O–H groups in total. The van der Waals surface area contributed by atoms with Gasteiger partial charge in [-0.3, -0.25) is 4.57 Å². The molecule has 5 heteroatoms. The fourth-order valence-electron chi connectivity index (χ4n) is 2.68. The Balaban J connectivity index is 2.36. The van der Waals surface area contributed by atoms with Crippen molar-refractivity contribution in [3.8, 4) is 0 Å². The topological polar surface area (TPSA) is 54.8 Å². The number of hydrogen-bond donors (Lipinski definition) is 2. The Morgan fingerprint density at radius 2 is 2.18 bits per heavy atom. The smallest absolute Gasteiger partial charge is 0.224 e. The lowest BCUT2D eigenvalue weighted by molar-refractivity contribution is 0.405. The van der Waals surface area contributed by atoms with Crippen molar-refractivity contribution in [2.75, 3.05) is 25.0 Å². The van der Waals surface area contributed by atoms with Gasteiger partial charge in [0, 0.05) is 25.0 Å². The summed E-state index contributed by atoms with van der Waals surface area (Å²) in [5.41, 5.74) is 0.177. The molecule has 0 saturated carbocycles. The Labute approximate surface area is 103 Å². The second kappa shape index (κ2) is 5.04. The van der Waals surface area contributed by atoms with E-state index in [0.29, 0.717) is 0 Å². The van der Waals surface area contributed by atoms with E-state index in [0.717, 1.165) is 50.8 Å². The summed E-state index contributed by atoms with van der Waals surface area (Å²) in [6, 6.07) is 0. The van der Waals surface area contributed by atoms with Crippen LogP contribution in [0.1, 0.15) is 39.4 Å². The Morgan fingerprint density at radius 1 is 1.35 bits per heavy atom. The van der Waals surface area contributed by atoms with Crippen molar-refractivity contribution in [2.45, 2.75) is 45.6 Å². The van der Waals surface area contributed by atoms with E-state index >= 15 is 0 Å². The molecule has 2 rings (SSSR count). The summed E-state index contributed by atoms with van der Waals surface area (Å²) in [7, 11) is 0. The minimum Gasteiger partial charge on any atom is -0.355 e. The number of aromatic nitrogens is 3. The van der Waals surface area contributed by atoms with Gasteiger partial charge in [-0.25, -0.2) is 0 Å². The third kappa shape index (κ3) is 2.04. The molecule has 0 amide bonds. The Bertz CT molecular complexity index is 365. The van der Waals surface area contributed by atoms with Crippen molar-refractivity contribution in [2.24, 2.45) is 0 Å². The summed E-state index contributed by atoms with van der Waals surface area (Å²) >= 11 is 0.